The van der Waals surface area contributed by atoms with Gasteiger partial charge in [0.25, 0.3) is 5.56 Å². The number of H-pyrrole nitrogens is 1. The molecule has 58 heavy (non-hydrogen) atoms. The Morgan fingerprint density at radius 3 is 2.29 bits per heavy atom. The zero-order chi connectivity index (χ0) is 42.2. The quantitative estimate of drug-likeness (QED) is 0.157. The van der Waals surface area contributed by atoms with Gasteiger partial charge in [-0.15, -0.1) is 0 Å². The van der Waals surface area contributed by atoms with Crippen LogP contribution in [0.25, 0.3) is 0 Å². The van der Waals surface area contributed by atoms with Crippen LogP contribution in [0.3, 0.4) is 0 Å². The Kier molecular flexibility index (Phi) is 11.1. The molecule has 0 spiro atoms. The van der Waals surface area contributed by atoms with Crippen LogP contribution in [-0.2, 0) is 33.3 Å². The third-order valence-corrected chi connectivity index (χ3v) is 16.9. The van der Waals surface area contributed by atoms with Gasteiger partial charge in [-0.05, 0) is 111 Å². The number of aromatic nitrogens is 2. The number of ether oxygens (including phenoxy) is 4. The molecule has 7 rings (SSSR count). The van der Waals surface area contributed by atoms with E-state index >= 15 is 0 Å². The number of nitrogens with one attached hydrogen (secondary N) is 1. The van der Waals surface area contributed by atoms with Gasteiger partial charge in [0, 0.05) is 17.7 Å². The molecule has 1 unspecified atom stereocenters. The predicted octanol–water partition coefficient (Wildman–Crippen LogP) is 5.76. The molecule has 0 aromatic carbocycles. The van der Waals surface area contributed by atoms with Gasteiger partial charge in [-0.2, -0.15) is 0 Å². The number of allylic oxidation sites excluding steroid dienone is 2. The first-order valence-corrected chi connectivity index (χ1v) is 21.7. The van der Waals surface area contributed by atoms with Crippen LogP contribution in [0.5, 0.6) is 0 Å². The first kappa shape index (κ1) is 42.8. The van der Waals surface area contributed by atoms with Crippen molar-refractivity contribution in [1.82, 2.24) is 9.55 Å². The van der Waals surface area contributed by atoms with Gasteiger partial charge in [-0.1, -0.05) is 60.1 Å². The number of carbonyl (C=O) groups is 3. The molecular weight excluding hydrogens is 744 g/mol. The Morgan fingerprint density at radius 2 is 1.59 bits per heavy atom. The summed E-state index contributed by atoms with van der Waals surface area (Å²) < 4.78 is 24.2. The van der Waals surface area contributed by atoms with E-state index in [1.54, 1.807) is 6.92 Å². The molecule has 6 aliphatic rings. The molecule has 322 valence electrons. The number of nitrogens with zero attached hydrogens (tertiary/aromatic N) is 1. The molecule has 1 aromatic rings. The van der Waals surface area contributed by atoms with E-state index < -0.39 is 41.2 Å². The van der Waals surface area contributed by atoms with E-state index in [9.17, 15) is 34.2 Å². The van der Waals surface area contributed by atoms with Crippen molar-refractivity contribution in [3.05, 3.63) is 44.8 Å². The molecule has 1 saturated heterocycles. The number of rotatable bonds is 9. The van der Waals surface area contributed by atoms with Gasteiger partial charge in [0.05, 0.1) is 24.9 Å². The van der Waals surface area contributed by atoms with Crippen molar-refractivity contribution in [2.45, 2.75) is 163 Å². The summed E-state index contributed by atoms with van der Waals surface area (Å²) in [4.78, 5) is 65.7. The second-order valence-electron chi connectivity index (χ2n) is 20.7. The minimum absolute atomic E-state index is 0.0133. The number of fused-ring (bicyclic) bond motifs is 7. The standard InChI is InChI=1S/C45H66N2O11/c1-9-55-33(49)12-13-34(50)58-31-15-17-42(6)29(41(31,4)5)14-18-44(8)30(42)11-10-26-27-24-40(2,3)19-21-45(27,22-20-43(26,44)7)38(53)56-25-28-35(51)36(52)37(57-28)47-23-16-32(48)46-39(47)54/h10,16,23,27-31,35-37,51-52H,9,11-15,17-22,24-25H2,1-8H3,(H,46,48,54)/t27-,28+,29?,30+,31-,35+,36+,37+,42-,43+,44+,45-/m0/s1. The fourth-order valence-corrected chi connectivity index (χ4v) is 13.5. The zero-order valence-electron chi connectivity index (χ0n) is 35.8. The third kappa shape index (κ3) is 6.82. The van der Waals surface area contributed by atoms with E-state index in [0.29, 0.717) is 24.7 Å². The lowest BCUT2D eigenvalue weighted by Gasteiger charge is -2.71. The van der Waals surface area contributed by atoms with E-state index in [4.69, 9.17) is 18.9 Å². The minimum Gasteiger partial charge on any atom is -0.466 e. The Hall–Kier alpha value is -3.29. The van der Waals surface area contributed by atoms with Crippen molar-refractivity contribution in [1.29, 1.82) is 0 Å². The average molecular weight is 811 g/mol. The second-order valence-corrected chi connectivity index (χ2v) is 20.7. The second kappa shape index (κ2) is 15.0. The third-order valence-electron chi connectivity index (χ3n) is 16.9. The molecule has 5 aliphatic carbocycles. The molecule has 13 nitrogen and oxygen atoms in total. The van der Waals surface area contributed by atoms with Gasteiger partial charge < -0.3 is 29.2 Å². The first-order valence-electron chi connectivity index (χ1n) is 21.7. The lowest BCUT2D eigenvalue weighted by Crippen LogP contribution is -2.65. The maximum absolute atomic E-state index is 14.6. The maximum Gasteiger partial charge on any atom is 0.330 e. The number of carbonyl (C=O) groups excluding carboxylic acids is 3. The van der Waals surface area contributed by atoms with Crippen LogP contribution in [0.1, 0.15) is 139 Å². The van der Waals surface area contributed by atoms with E-state index in [1.165, 1.54) is 11.8 Å². The van der Waals surface area contributed by atoms with Crippen LogP contribution >= 0.6 is 0 Å². The molecule has 3 N–H and O–H groups in total. The molecule has 1 aromatic heterocycles. The van der Waals surface area contributed by atoms with Gasteiger partial charge in [0.15, 0.2) is 6.23 Å². The van der Waals surface area contributed by atoms with E-state index in [2.05, 4.69) is 59.5 Å². The van der Waals surface area contributed by atoms with E-state index in [-0.39, 0.29) is 83.1 Å². The molecular formula is C45H66N2O11. The SMILES string of the molecule is CCOC(=O)CCC(=O)O[C@H]1CC[C@@]2(C)C(CC[C@]3(C)[C@@H]2CC=C2[C@@H]4CC(C)(C)CC[C@]4(C(=O)OC[C@H]4O[C@@H](n5ccc(=O)[nH]c5=O)[C@H](O)[C@@H]4O)CC[C@]23C)C1(C)C. The van der Waals surface area contributed by atoms with Crippen molar-refractivity contribution < 1.29 is 43.5 Å². The van der Waals surface area contributed by atoms with Crippen LogP contribution in [0, 0.1) is 50.2 Å². The van der Waals surface area contributed by atoms with Crippen LogP contribution in [-0.4, -0.2) is 75.3 Å². The molecule has 0 radical (unpaired) electrons. The molecule has 2 heterocycles. The lowest BCUT2D eigenvalue weighted by atomic mass is 9.33. The molecule has 13 heteroatoms. The average Bonchev–Trinajstić information content (AvgIpc) is 3.43. The number of aliphatic hydroxyl groups is 2. The van der Waals surface area contributed by atoms with Gasteiger partial charge in [0.1, 0.15) is 31.0 Å². The Bertz CT molecular complexity index is 1930. The normalized spacial score (nSPS) is 41.1. The fourth-order valence-electron chi connectivity index (χ4n) is 13.5. The van der Waals surface area contributed by atoms with Crippen LogP contribution in [0.2, 0.25) is 0 Å². The number of esters is 3. The zero-order valence-corrected chi connectivity index (χ0v) is 35.8. The number of aliphatic hydroxyl groups excluding tert-OH is 2. The molecule has 12 atom stereocenters. The van der Waals surface area contributed by atoms with Crippen molar-refractivity contribution in [3.8, 4) is 0 Å². The van der Waals surface area contributed by atoms with Crippen molar-refractivity contribution in [2.24, 2.45) is 50.2 Å². The summed E-state index contributed by atoms with van der Waals surface area (Å²) in [5.74, 6) is -0.299. The monoisotopic (exact) mass is 810 g/mol. The summed E-state index contributed by atoms with van der Waals surface area (Å²) in [5.41, 5.74) is -1.10. The van der Waals surface area contributed by atoms with E-state index in [1.807, 2.05) is 0 Å². The van der Waals surface area contributed by atoms with E-state index in [0.717, 1.165) is 62.0 Å². The molecule has 4 saturated carbocycles. The van der Waals surface area contributed by atoms with Crippen LogP contribution < -0.4 is 11.2 Å². The summed E-state index contributed by atoms with van der Waals surface area (Å²) >= 11 is 0. The first-order chi connectivity index (χ1) is 27.1. The minimum atomic E-state index is -1.47. The fraction of sp³-hybridized carbons (Fsp3) is 0.800. The van der Waals surface area contributed by atoms with Crippen molar-refractivity contribution in [3.63, 3.8) is 0 Å². The van der Waals surface area contributed by atoms with Gasteiger partial charge >= 0.3 is 23.6 Å². The number of hydrogen-bond donors (Lipinski definition) is 3. The van der Waals surface area contributed by atoms with Gasteiger partial charge in [-0.25, -0.2) is 4.79 Å². The van der Waals surface area contributed by atoms with Crippen molar-refractivity contribution >= 4 is 17.9 Å². The molecule has 1 aliphatic heterocycles. The highest BCUT2D eigenvalue weighted by Crippen LogP contribution is 2.76. The highest BCUT2D eigenvalue weighted by atomic mass is 16.6. The molecule has 5 fully saturated rings. The Balaban J connectivity index is 1.10. The maximum atomic E-state index is 14.6. The summed E-state index contributed by atoms with van der Waals surface area (Å²) in [5, 5.41) is 21.7. The lowest BCUT2D eigenvalue weighted by molar-refractivity contribution is -0.214. The number of aromatic amines is 1. The molecule has 0 bridgehead atoms. The Labute approximate surface area is 341 Å². The summed E-state index contributed by atoms with van der Waals surface area (Å²) in [6.45, 7) is 18.3. The highest BCUT2D eigenvalue weighted by molar-refractivity contribution is 5.79. The summed E-state index contributed by atoms with van der Waals surface area (Å²) in [6, 6.07) is 1.14. The van der Waals surface area contributed by atoms with Gasteiger partial charge in [-0.3, -0.25) is 28.7 Å². The Morgan fingerprint density at radius 1 is 0.879 bits per heavy atom. The van der Waals surface area contributed by atoms with Crippen LogP contribution in [0.4, 0.5) is 0 Å². The largest absolute Gasteiger partial charge is 0.466 e. The topological polar surface area (TPSA) is 183 Å². The number of hydrogen-bond acceptors (Lipinski definition) is 11. The van der Waals surface area contributed by atoms with Crippen molar-refractivity contribution in [2.75, 3.05) is 13.2 Å². The predicted molar refractivity (Wildman–Crippen MR) is 213 cm³/mol. The summed E-state index contributed by atoms with van der Waals surface area (Å²) in [6.07, 6.45) is 6.97. The van der Waals surface area contributed by atoms with Crippen LogP contribution in [0.15, 0.2) is 33.5 Å². The molecule has 0 amide bonds. The smallest absolute Gasteiger partial charge is 0.330 e. The highest BCUT2D eigenvalue weighted by Gasteiger charge is 2.69. The summed E-state index contributed by atoms with van der Waals surface area (Å²) in [7, 11) is 0. The van der Waals surface area contributed by atoms with Gasteiger partial charge in [0.2, 0.25) is 0 Å².